The van der Waals surface area contributed by atoms with Crippen molar-refractivity contribution in [3.05, 3.63) is 64.7 Å². The second kappa shape index (κ2) is 17.3. The molecule has 2 aromatic carbocycles. The van der Waals surface area contributed by atoms with Crippen LogP contribution >= 0.6 is 0 Å². The van der Waals surface area contributed by atoms with Crippen LogP contribution in [0.2, 0.25) is 0 Å². The zero-order valence-electron chi connectivity index (χ0n) is 35.0. The molecule has 308 valence electrons. The summed E-state index contributed by atoms with van der Waals surface area (Å²) in [5.41, 5.74) is 1.08. The number of ether oxygens (including phenoxy) is 5. The van der Waals surface area contributed by atoms with Gasteiger partial charge in [0.1, 0.15) is 18.5 Å². The Kier molecular flexibility index (Phi) is 13.3. The zero-order valence-corrected chi connectivity index (χ0v) is 35.0. The van der Waals surface area contributed by atoms with Crippen LogP contribution in [0.4, 0.5) is 0 Å². The predicted molar refractivity (Wildman–Crippen MR) is 211 cm³/mol. The average molecular weight is 778 g/mol. The second-order valence-electron chi connectivity index (χ2n) is 18.9. The molecule has 2 heterocycles. The summed E-state index contributed by atoms with van der Waals surface area (Å²) in [6, 6.07) is 14.4. The molecular weight excluding hydrogens is 714 g/mol. The number of likely N-dealkylation sites (tertiary alicyclic amines) is 1. The number of rotatable bonds is 11. The third kappa shape index (κ3) is 10.1. The third-order valence-electron chi connectivity index (χ3n) is 11.0. The summed E-state index contributed by atoms with van der Waals surface area (Å²) >= 11 is 0. The molecule has 3 aliphatic rings. The molecule has 0 unspecified atom stereocenters. The van der Waals surface area contributed by atoms with E-state index in [9.17, 15) is 24.3 Å². The third-order valence-corrected chi connectivity index (χ3v) is 11.0. The highest BCUT2D eigenvalue weighted by Gasteiger charge is 2.56. The van der Waals surface area contributed by atoms with Crippen molar-refractivity contribution >= 4 is 23.9 Å². The van der Waals surface area contributed by atoms with Gasteiger partial charge in [0.2, 0.25) is 0 Å². The maximum absolute atomic E-state index is 13.8. The molecular formula is C45H63NO10. The first kappa shape index (κ1) is 43.2. The molecule has 0 amide bonds. The van der Waals surface area contributed by atoms with Crippen LogP contribution in [0.15, 0.2) is 42.5 Å². The summed E-state index contributed by atoms with van der Waals surface area (Å²) in [5.74, 6) is -2.38. The average Bonchev–Trinajstić information content (AvgIpc) is 3.11. The Morgan fingerprint density at radius 3 is 1.95 bits per heavy atom. The Bertz CT molecular complexity index is 1720. The van der Waals surface area contributed by atoms with E-state index in [-0.39, 0.29) is 6.42 Å². The number of piperidine rings is 1. The van der Waals surface area contributed by atoms with E-state index in [0.29, 0.717) is 24.3 Å². The number of aliphatic carboxylic acids is 1. The quantitative estimate of drug-likeness (QED) is 0.184. The van der Waals surface area contributed by atoms with Crippen LogP contribution in [0.3, 0.4) is 0 Å². The van der Waals surface area contributed by atoms with Crippen molar-refractivity contribution < 1.29 is 48.0 Å². The normalized spacial score (nSPS) is 25.6. The van der Waals surface area contributed by atoms with E-state index in [4.69, 9.17) is 23.7 Å². The van der Waals surface area contributed by atoms with Crippen molar-refractivity contribution in [1.82, 2.24) is 4.90 Å². The van der Waals surface area contributed by atoms with Gasteiger partial charge in [0, 0.05) is 18.0 Å². The van der Waals surface area contributed by atoms with Crippen molar-refractivity contribution in [3.8, 4) is 5.75 Å². The molecule has 56 heavy (non-hydrogen) atoms. The summed E-state index contributed by atoms with van der Waals surface area (Å²) in [6.07, 6.45) is -2.29. The van der Waals surface area contributed by atoms with Crippen molar-refractivity contribution in [3.63, 3.8) is 0 Å². The Morgan fingerprint density at radius 2 is 1.38 bits per heavy atom. The molecule has 0 radical (unpaired) electrons. The minimum atomic E-state index is -1.74. The van der Waals surface area contributed by atoms with E-state index in [1.165, 1.54) is 5.56 Å². The number of carboxylic acid groups (broad SMARTS) is 1. The lowest BCUT2D eigenvalue weighted by atomic mass is 9.73. The second-order valence-corrected chi connectivity index (χ2v) is 18.9. The number of fused-ring (bicyclic) bond motifs is 2. The molecule has 0 saturated carbocycles. The fourth-order valence-corrected chi connectivity index (χ4v) is 7.84. The molecule has 2 aliphatic heterocycles. The number of benzene rings is 2. The molecule has 0 aromatic heterocycles. The molecule has 2 fully saturated rings. The highest BCUT2D eigenvalue weighted by molar-refractivity contribution is 5.79. The van der Waals surface area contributed by atoms with E-state index in [1.807, 2.05) is 36.4 Å². The smallest absolute Gasteiger partial charge is 0.336 e. The molecule has 0 spiro atoms. The number of carboxylic acids is 1. The van der Waals surface area contributed by atoms with Gasteiger partial charge in [-0.25, -0.2) is 4.79 Å². The van der Waals surface area contributed by atoms with E-state index >= 15 is 0 Å². The number of carbonyl (C=O) groups excluding carboxylic acids is 3. The summed E-state index contributed by atoms with van der Waals surface area (Å²) in [6.45, 7) is 19.7. The van der Waals surface area contributed by atoms with Crippen LogP contribution in [0.25, 0.3) is 0 Å². The minimum Gasteiger partial charge on any atom is -0.489 e. The first-order chi connectivity index (χ1) is 26.2. The van der Waals surface area contributed by atoms with Gasteiger partial charge in [-0.2, -0.15) is 0 Å². The number of esters is 3. The Hall–Kier alpha value is -3.96. The highest BCUT2D eigenvalue weighted by atomic mass is 16.7. The van der Waals surface area contributed by atoms with Gasteiger partial charge in [-0.1, -0.05) is 43.3 Å². The monoisotopic (exact) mass is 777 g/mol. The molecule has 1 N–H and O–H groups in total. The Morgan fingerprint density at radius 1 is 0.786 bits per heavy atom. The van der Waals surface area contributed by atoms with Gasteiger partial charge in [-0.3, -0.25) is 19.3 Å². The number of hydrogen-bond donors (Lipinski definition) is 1. The number of hydrogen-bond acceptors (Lipinski definition) is 10. The number of carbonyl (C=O) groups is 4. The molecule has 11 nitrogen and oxygen atoms in total. The molecule has 0 bridgehead atoms. The first-order valence-corrected chi connectivity index (χ1v) is 20.2. The van der Waals surface area contributed by atoms with Crippen molar-refractivity contribution in [2.45, 2.75) is 151 Å². The summed E-state index contributed by atoms with van der Waals surface area (Å²) in [5, 5.41) is 10.7. The molecule has 11 heteroatoms. The Balaban J connectivity index is 1.64. The standard InChI is InChI=1S/C45H63NO10/c1-11-21-46-22-15-18-29-23-30-28(24-32(29)46)19-20-33(52-26-27-16-13-12-14-17-27)31(30)25-34-35(54-40(49)43(2,3)4)36(55-41(50)44(5,6)7)37(38(53-34)39(47)48)56-42(51)45(8,9)10/h12-14,16-17,19-20,29,32,34-38H,11,15,18,21-26H2,1-10H3,(H,47,48)/t29-,32-,34+,35+,36-,37+,38+/m1/s1. The van der Waals surface area contributed by atoms with Crippen LogP contribution in [0, 0.1) is 22.2 Å². The molecule has 1 aliphatic carbocycles. The highest BCUT2D eigenvalue weighted by Crippen LogP contribution is 2.42. The van der Waals surface area contributed by atoms with Crippen LogP contribution in [-0.4, -0.2) is 83.5 Å². The molecule has 5 rings (SSSR count). The fraction of sp³-hybridized carbons (Fsp3) is 0.644. The van der Waals surface area contributed by atoms with Gasteiger partial charge in [0.05, 0.1) is 16.2 Å². The van der Waals surface area contributed by atoms with Crippen LogP contribution in [-0.2, 0) is 64.0 Å². The first-order valence-electron chi connectivity index (χ1n) is 20.2. The van der Waals surface area contributed by atoms with Crippen molar-refractivity contribution in [2.75, 3.05) is 13.1 Å². The van der Waals surface area contributed by atoms with E-state index < -0.39 is 70.6 Å². The molecule has 7 atom stereocenters. The van der Waals surface area contributed by atoms with Crippen molar-refractivity contribution in [2.24, 2.45) is 22.2 Å². The summed E-state index contributed by atoms with van der Waals surface area (Å²) in [4.78, 5) is 56.6. The Labute approximate surface area is 332 Å². The topological polar surface area (TPSA) is 138 Å². The van der Waals surface area contributed by atoms with Crippen LogP contribution < -0.4 is 4.74 Å². The van der Waals surface area contributed by atoms with E-state index in [1.54, 1.807) is 62.3 Å². The SMILES string of the molecule is CCCN1CCC[C@@H]2Cc3c(ccc(OCc4ccccc4)c3C[C@@H]3O[C@H](C(=O)O)[C@@H](OC(=O)C(C)(C)C)[C@H](OC(=O)C(C)(C)C)[C@H]3OC(=O)C(C)(C)C)C[C@H]21. The van der Waals surface area contributed by atoms with Gasteiger partial charge < -0.3 is 28.8 Å². The summed E-state index contributed by atoms with van der Waals surface area (Å²) in [7, 11) is 0. The number of nitrogens with zero attached hydrogens (tertiary/aromatic N) is 1. The van der Waals surface area contributed by atoms with Gasteiger partial charge >= 0.3 is 23.9 Å². The van der Waals surface area contributed by atoms with E-state index in [0.717, 1.165) is 61.9 Å². The lowest BCUT2D eigenvalue weighted by Gasteiger charge is -2.46. The van der Waals surface area contributed by atoms with Gasteiger partial charge in [0.25, 0.3) is 0 Å². The van der Waals surface area contributed by atoms with E-state index in [2.05, 4.69) is 17.9 Å². The van der Waals surface area contributed by atoms with Gasteiger partial charge in [0.15, 0.2) is 24.4 Å². The van der Waals surface area contributed by atoms with Crippen LogP contribution in [0.5, 0.6) is 5.75 Å². The van der Waals surface area contributed by atoms with Crippen LogP contribution in [0.1, 0.15) is 111 Å². The zero-order chi connectivity index (χ0) is 41.2. The summed E-state index contributed by atoms with van der Waals surface area (Å²) < 4.78 is 31.3. The molecule has 2 aromatic rings. The predicted octanol–water partition coefficient (Wildman–Crippen LogP) is 7.12. The maximum atomic E-state index is 13.8. The van der Waals surface area contributed by atoms with Gasteiger partial charge in [-0.05, 0) is 136 Å². The lowest BCUT2D eigenvalue weighted by Crippen LogP contribution is -2.64. The minimum absolute atomic E-state index is 0.0821. The largest absolute Gasteiger partial charge is 0.489 e. The molecule has 2 saturated heterocycles. The van der Waals surface area contributed by atoms with Gasteiger partial charge in [-0.15, -0.1) is 0 Å². The van der Waals surface area contributed by atoms with Crippen molar-refractivity contribution in [1.29, 1.82) is 0 Å². The lowest BCUT2D eigenvalue weighted by molar-refractivity contribution is -0.254. The maximum Gasteiger partial charge on any atom is 0.336 e. The fourth-order valence-electron chi connectivity index (χ4n) is 7.84.